The Kier molecular flexibility index (Phi) is 15.0. The number of hydrogen-bond acceptors (Lipinski definition) is 3. The Hall–Kier alpha value is -1.11. The molecule has 0 aromatic heterocycles. The summed E-state index contributed by atoms with van der Waals surface area (Å²) in [6, 6.07) is 1.49. The second-order valence-electron chi connectivity index (χ2n) is 9.23. The molecule has 1 atom stereocenters. The summed E-state index contributed by atoms with van der Waals surface area (Å²) in [4.78, 5) is 0. The van der Waals surface area contributed by atoms with Crippen LogP contribution in [0.2, 0.25) is 0 Å². The van der Waals surface area contributed by atoms with Gasteiger partial charge in [-0.25, -0.2) is 13.2 Å². The summed E-state index contributed by atoms with van der Waals surface area (Å²) >= 11 is 0. The molecule has 0 aliphatic carbocycles. The van der Waals surface area contributed by atoms with Gasteiger partial charge >= 0.3 is 0 Å². The number of benzene rings is 1. The maximum Gasteiger partial charge on any atom is 0.285 e. The van der Waals surface area contributed by atoms with Gasteiger partial charge in [-0.2, -0.15) is 0 Å². The monoisotopic (exact) mass is 474 g/mol. The van der Waals surface area contributed by atoms with E-state index >= 15 is 0 Å². The van der Waals surface area contributed by atoms with E-state index in [1.165, 1.54) is 32.1 Å². The molecule has 33 heavy (non-hydrogen) atoms. The molecule has 0 N–H and O–H groups in total. The molecule has 1 aromatic carbocycles. The third kappa shape index (κ3) is 10.8. The van der Waals surface area contributed by atoms with Gasteiger partial charge in [-0.3, -0.25) is 0 Å². The number of halogens is 3. The summed E-state index contributed by atoms with van der Waals surface area (Å²) in [5.41, 5.74) is -0.0273. The number of methoxy groups -OCH3 is 2. The molecule has 0 aliphatic rings. The molecule has 0 amide bonds. The second kappa shape index (κ2) is 16.5. The highest BCUT2D eigenvalue weighted by atomic mass is 19.1. The van der Waals surface area contributed by atoms with Crippen molar-refractivity contribution >= 4 is 0 Å². The zero-order chi connectivity index (χ0) is 24.7. The van der Waals surface area contributed by atoms with E-state index in [2.05, 4.69) is 6.92 Å². The van der Waals surface area contributed by atoms with E-state index in [0.29, 0.717) is 6.42 Å². The lowest BCUT2D eigenvalue weighted by atomic mass is 9.91. The van der Waals surface area contributed by atoms with Gasteiger partial charge in [0.1, 0.15) is 17.5 Å². The molecule has 1 unspecified atom stereocenters. The van der Waals surface area contributed by atoms with Crippen LogP contribution in [0.1, 0.15) is 103 Å². The highest BCUT2D eigenvalue weighted by molar-refractivity contribution is 5.20. The third-order valence-electron chi connectivity index (χ3n) is 6.21. The van der Waals surface area contributed by atoms with E-state index in [1.54, 1.807) is 14.2 Å². The van der Waals surface area contributed by atoms with Crippen LogP contribution in [0, 0.1) is 23.4 Å². The summed E-state index contributed by atoms with van der Waals surface area (Å²) in [7, 11) is 3.26. The average Bonchev–Trinajstić information content (AvgIpc) is 2.76. The van der Waals surface area contributed by atoms with E-state index in [1.807, 2.05) is 13.8 Å². The van der Waals surface area contributed by atoms with Crippen LogP contribution < -0.4 is 0 Å². The van der Waals surface area contributed by atoms with Gasteiger partial charge in [0.25, 0.3) is 5.97 Å². The van der Waals surface area contributed by atoms with Crippen molar-refractivity contribution in [3.8, 4) is 0 Å². The standard InChI is InChI=1S/C27H45F3O3/c1-6-7-8-9-10-13-16-22(27(31-4,32-5)33-21(2)3)17-14-11-12-15-18-24-25(29)19-23(28)20-26(24)30/h19-22H,6-18H2,1-5H3. The van der Waals surface area contributed by atoms with Crippen molar-refractivity contribution in [1.29, 1.82) is 0 Å². The maximum absolute atomic E-state index is 13.8. The lowest BCUT2D eigenvalue weighted by molar-refractivity contribution is -0.399. The van der Waals surface area contributed by atoms with Crippen LogP contribution >= 0.6 is 0 Å². The Labute approximate surface area is 199 Å². The van der Waals surface area contributed by atoms with E-state index in [0.717, 1.165) is 50.7 Å². The lowest BCUT2D eigenvalue weighted by Crippen LogP contribution is -2.46. The van der Waals surface area contributed by atoms with Crippen LogP contribution in [-0.2, 0) is 20.6 Å². The van der Waals surface area contributed by atoms with Crippen LogP contribution in [0.3, 0.4) is 0 Å². The van der Waals surface area contributed by atoms with Gasteiger partial charge in [-0.1, -0.05) is 64.7 Å². The van der Waals surface area contributed by atoms with Crippen LogP contribution in [0.25, 0.3) is 0 Å². The van der Waals surface area contributed by atoms with Crippen molar-refractivity contribution in [3.05, 3.63) is 35.1 Å². The smallest absolute Gasteiger partial charge is 0.285 e. The fourth-order valence-electron chi connectivity index (χ4n) is 4.46. The predicted octanol–water partition coefficient (Wildman–Crippen LogP) is 8.34. The summed E-state index contributed by atoms with van der Waals surface area (Å²) in [6.07, 6.45) is 12.8. The first-order chi connectivity index (χ1) is 15.8. The fourth-order valence-corrected chi connectivity index (χ4v) is 4.46. The van der Waals surface area contributed by atoms with Crippen molar-refractivity contribution in [2.24, 2.45) is 5.92 Å². The van der Waals surface area contributed by atoms with Crippen LogP contribution in [0.5, 0.6) is 0 Å². The Morgan fingerprint density at radius 3 is 1.73 bits per heavy atom. The molecular formula is C27H45F3O3. The zero-order valence-corrected chi connectivity index (χ0v) is 21.4. The third-order valence-corrected chi connectivity index (χ3v) is 6.21. The van der Waals surface area contributed by atoms with Crippen LogP contribution in [0.4, 0.5) is 13.2 Å². The predicted molar refractivity (Wildman–Crippen MR) is 128 cm³/mol. The van der Waals surface area contributed by atoms with Gasteiger partial charge in [0.15, 0.2) is 0 Å². The first-order valence-corrected chi connectivity index (χ1v) is 12.7. The van der Waals surface area contributed by atoms with E-state index < -0.39 is 23.4 Å². The Bertz CT molecular complexity index is 624. The van der Waals surface area contributed by atoms with Crippen molar-refractivity contribution in [1.82, 2.24) is 0 Å². The van der Waals surface area contributed by atoms with E-state index in [4.69, 9.17) is 14.2 Å². The molecule has 0 radical (unpaired) electrons. The molecule has 0 bridgehead atoms. The molecule has 1 aromatic rings. The van der Waals surface area contributed by atoms with Gasteiger partial charge in [0.2, 0.25) is 0 Å². The van der Waals surface area contributed by atoms with Crippen molar-refractivity contribution < 1.29 is 27.4 Å². The van der Waals surface area contributed by atoms with Crippen LogP contribution in [-0.4, -0.2) is 26.3 Å². The highest BCUT2D eigenvalue weighted by Gasteiger charge is 2.41. The first-order valence-electron chi connectivity index (χ1n) is 12.7. The van der Waals surface area contributed by atoms with Gasteiger partial charge in [0.05, 0.1) is 6.10 Å². The molecule has 0 fully saturated rings. The average molecular weight is 475 g/mol. The molecule has 6 heteroatoms. The fraction of sp³-hybridized carbons (Fsp3) is 0.778. The molecule has 192 valence electrons. The molecular weight excluding hydrogens is 429 g/mol. The minimum absolute atomic E-state index is 0.0273. The van der Waals surface area contributed by atoms with Crippen molar-refractivity contribution in [3.63, 3.8) is 0 Å². The Balaban J connectivity index is 2.56. The topological polar surface area (TPSA) is 27.7 Å². The number of unbranched alkanes of at least 4 members (excludes halogenated alkanes) is 8. The van der Waals surface area contributed by atoms with E-state index in [9.17, 15) is 13.2 Å². The Morgan fingerprint density at radius 1 is 0.758 bits per heavy atom. The maximum atomic E-state index is 13.8. The van der Waals surface area contributed by atoms with Gasteiger partial charge < -0.3 is 14.2 Å². The molecule has 0 saturated heterocycles. The SMILES string of the molecule is CCCCCCCCC(CCCCCCc1c(F)cc(F)cc1F)C(OC)(OC)OC(C)C. The molecule has 1 rings (SSSR count). The minimum Gasteiger partial charge on any atom is -0.331 e. The van der Waals surface area contributed by atoms with Crippen molar-refractivity contribution in [2.75, 3.05) is 14.2 Å². The largest absolute Gasteiger partial charge is 0.331 e. The molecule has 3 nitrogen and oxygen atoms in total. The first kappa shape index (κ1) is 29.9. The van der Waals surface area contributed by atoms with Gasteiger partial charge in [-0.15, -0.1) is 0 Å². The Morgan fingerprint density at radius 2 is 1.24 bits per heavy atom. The molecule has 0 aliphatic heterocycles. The number of ether oxygens (including phenoxy) is 3. The minimum atomic E-state index is -1.06. The molecule has 0 spiro atoms. The van der Waals surface area contributed by atoms with Gasteiger partial charge in [-0.05, 0) is 39.5 Å². The van der Waals surface area contributed by atoms with Crippen LogP contribution in [0.15, 0.2) is 12.1 Å². The molecule has 0 saturated carbocycles. The van der Waals surface area contributed by atoms with Gasteiger partial charge in [0, 0.05) is 37.8 Å². The molecule has 0 heterocycles. The summed E-state index contributed by atoms with van der Waals surface area (Å²) < 4.78 is 58.3. The second-order valence-corrected chi connectivity index (χ2v) is 9.23. The number of rotatable bonds is 19. The van der Waals surface area contributed by atoms with E-state index in [-0.39, 0.29) is 24.0 Å². The lowest BCUT2D eigenvalue weighted by Gasteiger charge is -2.39. The van der Waals surface area contributed by atoms with Crippen molar-refractivity contribution in [2.45, 2.75) is 116 Å². The normalized spacial score (nSPS) is 13.1. The zero-order valence-electron chi connectivity index (χ0n) is 21.4. The number of hydrogen-bond donors (Lipinski definition) is 0. The highest BCUT2D eigenvalue weighted by Crippen LogP contribution is 2.34. The quantitative estimate of drug-likeness (QED) is 0.149. The summed E-state index contributed by atoms with van der Waals surface area (Å²) in [5.74, 6) is -3.44. The summed E-state index contributed by atoms with van der Waals surface area (Å²) in [5, 5.41) is 0. The summed E-state index contributed by atoms with van der Waals surface area (Å²) in [6.45, 7) is 6.17.